The lowest BCUT2D eigenvalue weighted by Crippen LogP contribution is -2.55. The van der Waals surface area contributed by atoms with E-state index in [1.165, 1.54) is 4.90 Å². The van der Waals surface area contributed by atoms with Gasteiger partial charge in [-0.3, -0.25) is 19.3 Å². The molecule has 1 aliphatic heterocycles. The van der Waals surface area contributed by atoms with Gasteiger partial charge in [0.2, 0.25) is 5.91 Å². The molecule has 0 aromatic heterocycles. The van der Waals surface area contributed by atoms with Gasteiger partial charge in [-0.25, -0.2) is 15.3 Å². The number of benzene rings is 2. The molecule has 0 spiro atoms. The summed E-state index contributed by atoms with van der Waals surface area (Å²) in [5, 5.41) is 14.0. The fourth-order valence-corrected chi connectivity index (χ4v) is 3.84. The smallest absolute Gasteiger partial charge is 0.347 e. The van der Waals surface area contributed by atoms with Crippen LogP contribution in [0.5, 0.6) is 0 Å². The molecule has 11 heteroatoms. The number of urea groups is 1. The molecule has 0 unspecified atom stereocenters. The van der Waals surface area contributed by atoms with Gasteiger partial charge in [-0.15, -0.1) is 0 Å². The summed E-state index contributed by atoms with van der Waals surface area (Å²) in [7, 11) is 0. The molecule has 11 nitrogen and oxygen atoms in total. The molecule has 0 aliphatic carbocycles. The van der Waals surface area contributed by atoms with Crippen LogP contribution in [0.4, 0.5) is 4.79 Å². The first kappa shape index (κ1) is 24.5. The molecule has 0 radical (unpaired) electrons. The number of nitrogens with two attached hydrogens (primary N) is 1. The summed E-state index contributed by atoms with van der Waals surface area (Å²) in [5.41, 5.74) is 13.2. The molecule has 1 heterocycles. The Morgan fingerprint density at radius 2 is 1.74 bits per heavy atom. The van der Waals surface area contributed by atoms with E-state index in [0.29, 0.717) is 10.6 Å². The third-order valence-electron chi connectivity index (χ3n) is 5.81. The zero-order chi connectivity index (χ0) is 25.0. The molecule has 2 aromatic rings. The number of carbonyl (C=O) groups is 4. The van der Waals surface area contributed by atoms with E-state index in [1.54, 1.807) is 43.3 Å². The first-order valence-electron chi connectivity index (χ1n) is 10.5. The standard InChI is InChI=1S/C23H26N6O5/c1-15(30)28(14-19(24)20(31)32)29-21(33)23(2,18-10-8-16(9-11-18)12-26-25)27(22(29)34)13-17-6-4-3-5-7-17/h3-11,19,25H,12-14,24H2,1-2H3,(H,31,32)/t19-,23+/m0/s1. The molecule has 178 valence electrons. The zero-order valence-corrected chi connectivity index (χ0v) is 18.8. The average molecular weight is 466 g/mol. The molecular formula is C23H26N6O5. The summed E-state index contributed by atoms with van der Waals surface area (Å²) in [6.45, 7) is 2.40. The Labute approximate surface area is 196 Å². The SMILES string of the molecule is CC(=O)N(C[C@H](N)C(=O)O)N1C(=O)N(Cc2ccccc2)[C@](C)(c2ccc(CN=N)cc2)C1=O. The van der Waals surface area contributed by atoms with E-state index < -0.39 is 41.9 Å². The molecule has 34 heavy (non-hydrogen) atoms. The van der Waals surface area contributed by atoms with Crippen molar-refractivity contribution in [2.75, 3.05) is 6.54 Å². The lowest BCUT2D eigenvalue weighted by Gasteiger charge is -2.32. The van der Waals surface area contributed by atoms with E-state index in [1.807, 2.05) is 18.2 Å². The number of carbonyl (C=O) groups excluding carboxylic acids is 3. The highest BCUT2D eigenvalue weighted by Gasteiger charge is 2.58. The second kappa shape index (κ2) is 9.79. The lowest BCUT2D eigenvalue weighted by molar-refractivity contribution is -0.158. The first-order chi connectivity index (χ1) is 16.1. The Bertz CT molecular complexity index is 1110. The Balaban J connectivity index is 2.09. The molecule has 1 fully saturated rings. The van der Waals surface area contributed by atoms with E-state index in [4.69, 9.17) is 11.3 Å². The van der Waals surface area contributed by atoms with Crippen molar-refractivity contribution in [3.8, 4) is 0 Å². The van der Waals surface area contributed by atoms with Crippen molar-refractivity contribution in [3.63, 3.8) is 0 Å². The number of aliphatic carboxylic acids is 1. The Morgan fingerprint density at radius 1 is 1.12 bits per heavy atom. The molecule has 4 N–H and O–H groups in total. The maximum Gasteiger partial charge on any atom is 0.347 e. The Morgan fingerprint density at radius 3 is 2.26 bits per heavy atom. The van der Waals surface area contributed by atoms with Crippen LogP contribution in [0.3, 0.4) is 0 Å². The number of hydrogen-bond acceptors (Lipinski definition) is 7. The number of amides is 4. The summed E-state index contributed by atoms with van der Waals surface area (Å²) < 4.78 is 0. The molecule has 4 amide bonds. The molecule has 2 atom stereocenters. The minimum absolute atomic E-state index is 0.0684. The van der Waals surface area contributed by atoms with Crippen LogP contribution in [0, 0.1) is 5.53 Å². The predicted molar refractivity (Wildman–Crippen MR) is 120 cm³/mol. The van der Waals surface area contributed by atoms with Crippen LogP contribution >= 0.6 is 0 Å². The van der Waals surface area contributed by atoms with Gasteiger partial charge in [-0.05, 0) is 23.6 Å². The summed E-state index contributed by atoms with van der Waals surface area (Å²) >= 11 is 0. The summed E-state index contributed by atoms with van der Waals surface area (Å²) in [5.74, 6) is -2.78. The number of hydrogen-bond donors (Lipinski definition) is 3. The van der Waals surface area contributed by atoms with Gasteiger partial charge in [-0.2, -0.15) is 10.1 Å². The van der Waals surface area contributed by atoms with Crippen molar-refractivity contribution in [1.29, 1.82) is 5.53 Å². The van der Waals surface area contributed by atoms with Crippen molar-refractivity contribution in [2.45, 2.75) is 38.5 Å². The van der Waals surface area contributed by atoms with Crippen molar-refractivity contribution in [1.82, 2.24) is 14.9 Å². The summed E-state index contributed by atoms with van der Waals surface area (Å²) in [6, 6.07) is 13.6. The quantitative estimate of drug-likeness (QED) is 0.379. The summed E-state index contributed by atoms with van der Waals surface area (Å²) in [4.78, 5) is 52.4. The monoisotopic (exact) mass is 466 g/mol. The third-order valence-corrected chi connectivity index (χ3v) is 5.81. The van der Waals surface area contributed by atoms with Crippen LogP contribution < -0.4 is 5.73 Å². The van der Waals surface area contributed by atoms with Crippen molar-refractivity contribution in [3.05, 3.63) is 71.3 Å². The number of hydrazine groups is 1. The van der Waals surface area contributed by atoms with E-state index in [9.17, 15) is 24.3 Å². The largest absolute Gasteiger partial charge is 0.480 e. The highest BCUT2D eigenvalue weighted by molar-refractivity contribution is 6.08. The maximum atomic E-state index is 13.8. The minimum atomic E-state index is -1.50. The predicted octanol–water partition coefficient (Wildman–Crippen LogP) is 2.07. The van der Waals surface area contributed by atoms with E-state index >= 15 is 0 Å². The number of nitrogens with one attached hydrogen (secondary N) is 1. The normalized spacial score (nSPS) is 18.7. The van der Waals surface area contributed by atoms with Crippen LogP contribution in [0.1, 0.15) is 30.5 Å². The van der Waals surface area contributed by atoms with Gasteiger partial charge in [0.1, 0.15) is 11.6 Å². The van der Waals surface area contributed by atoms with Gasteiger partial charge >= 0.3 is 12.0 Å². The third kappa shape index (κ3) is 4.50. The highest BCUT2D eigenvalue weighted by Crippen LogP contribution is 2.39. The van der Waals surface area contributed by atoms with Crippen LogP contribution in [0.25, 0.3) is 0 Å². The number of carboxylic acids is 1. The maximum absolute atomic E-state index is 13.8. The van der Waals surface area contributed by atoms with Crippen LogP contribution in [-0.4, -0.2) is 56.4 Å². The second-order valence-corrected chi connectivity index (χ2v) is 8.10. The van der Waals surface area contributed by atoms with Crippen LogP contribution in [0.2, 0.25) is 0 Å². The van der Waals surface area contributed by atoms with Crippen LogP contribution in [0.15, 0.2) is 59.7 Å². The molecule has 1 saturated heterocycles. The minimum Gasteiger partial charge on any atom is -0.480 e. The number of rotatable bonds is 9. The van der Waals surface area contributed by atoms with E-state index in [0.717, 1.165) is 23.1 Å². The second-order valence-electron chi connectivity index (χ2n) is 8.10. The number of imide groups is 1. The highest BCUT2D eigenvalue weighted by atomic mass is 16.4. The van der Waals surface area contributed by atoms with Gasteiger partial charge in [0, 0.05) is 13.5 Å². The van der Waals surface area contributed by atoms with E-state index in [2.05, 4.69) is 5.11 Å². The Hall–Kier alpha value is -4.12. The summed E-state index contributed by atoms with van der Waals surface area (Å²) in [6.07, 6.45) is 0. The van der Waals surface area contributed by atoms with Gasteiger partial charge in [0.05, 0.1) is 13.1 Å². The molecular weight excluding hydrogens is 440 g/mol. The van der Waals surface area contributed by atoms with Crippen molar-refractivity contribution >= 4 is 23.8 Å². The lowest BCUT2D eigenvalue weighted by atomic mass is 9.89. The zero-order valence-electron chi connectivity index (χ0n) is 18.8. The molecule has 2 aromatic carbocycles. The fraction of sp³-hybridized carbons (Fsp3) is 0.304. The Kier molecular flexibility index (Phi) is 7.06. The molecule has 0 bridgehead atoms. The fourth-order valence-electron chi connectivity index (χ4n) is 3.84. The molecule has 1 aliphatic rings. The number of carboxylic acid groups (broad SMARTS) is 1. The number of nitrogens with zero attached hydrogens (tertiary/aromatic N) is 4. The van der Waals surface area contributed by atoms with Crippen molar-refractivity contribution in [2.24, 2.45) is 10.8 Å². The van der Waals surface area contributed by atoms with Gasteiger partial charge in [0.25, 0.3) is 5.91 Å². The van der Waals surface area contributed by atoms with Crippen molar-refractivity contribution < 1.29 is 24.3 Å². The van der Waals surface area contributed by atoms with Crippen LogP contribution in [-0.2, 0) is 33.0 Å². The molecule has 3 rings (SSSR count). The average Bonchev–Trinajstić information content (AvgIpc) is 2.99. The molecule has 0 saturated carbocycles. The first-order valence-corrected chi connectivity index (χ1v) is 10.5. The van der Waals surface area contributed by atoms with Gasteiger partial charge in [0.15, 0.2) is 0 Å². The van der Waals surface area contributed by atoms with E-state index in [-0.39, 0.29) is 13.1 Å². The topological polar surface area (TPSA) is 160 Å². The van der Waals surface area contributed by atoms with Gasteiger partial charge < -0.3 is 10.8 Å². The van der Waals surface area contributed by atoms with Gasteiger partial charge in [-0.1, -0.05) is 54.6 Å².